The summed E-state index contributed by atoms with van der Waals surface area (Å²) in [4.78, 5) is 11.1. The standard InChI is InChI=1S/C11H11NO3/c13-10(14)11(3-4-11)7-1-2-9-8(5-7)12-6-15-9/h1-2,5,12H,3-4,6H2,(H,13,14). The Kier molecular flexibility index (Phi) is 1.52. The van der Waals surface area contributed by atoms with E-state index in [9.17, 15) is 4.79 Å². The SMILES string of the molecule is O=C(O)C1(c2ccc3c(c2)NCO3)CC1. The second-order valence-electron chi connectivity index (χ2n) is 4.06. The van der Waals surface area contributed by atoms with Gasteiger partial charge in [-0.05, 0) is 30.5 Å². The minimum absolute atomic E-state index is 0.471. The van der Waals surface area contributed by atoms with Gasteiger partial charge in [0, 0.05) is 0 Å². The molecule has 15 heavy (non-hydrogen) atoms. The average Bonchev–Trinajstić information content (AvgIpc) is 2.91. The van der Waals surface area contributed by atoms with Crippen LogP contribution >= 0.6 is 0 Å². The van der Waals surface area contributed by atoms with Crippen LogP contribution in [0.1, 0.15) is 18.4 Å². The molecule has 1 aromatic carbocycles. The topological polar surface area (TPSA) is 58.6 Å². The third kappa shape index (κ3) is 1.11. The van der Waals surface area contributed by atoms with Gasteiger partial charge >= 0.3 is 5.97 Å². The van der Waals surface area contributed by atoms with Crippen molar-refractivity contribution in [1.29, 1.82) is 0 Å². The predicted octanol–water partition coefficient (Wildman–Crippen LogP) is 1.56. The Morgan fingerprint density at radius 1 is 1.47 bits per heavy atom. The van der Waals surface area contributed by atoms with Gasteiger partial charge in [0.25, 0.3) is 0 Å². The number of anilines is 1. The van der Waals surface area contributed by atoms with Gasteiger partial charge in [0.1, 0.15) is 5.75 Å². The monoisotopic (exact) mass is 205 g/mol. The molecule has 1 fully saturated rings. The summed E-state index contributed by atoms with van der Waals surface area (Å²) in [5.41, 5.74) is 1.16. The van der Waals surface area contributed by atoms with Crippen LogP contribution in [-0.2, 0) is 10.2 Å². The van der Waals surface area contributed by atoms with E-state index < -0.39 is 11.4 Å². The maximum atomic E-state index is 11.1. The van der Waals surface area contributed by atoms with Gasteiger partial charge in [-0.1, -0.05) is 6.07 Å². The van der Waals surface area contributed by atoms with E-state index in [-0.39, 0.29) is 0 Å². The Balaban J connectivity index is 2.03. The lowest BCUT2D eigenvalue weighted by Crippen LogP contribution is -2.19. The molecular formula is C11H11NO3. The van der Waals surface area contributed by atoms with Crippen molar-refractivity contribution in [3.8, 4) is 5.75 Å². The zero-order chi connectivity index (χ0) is 10.5. The van der Waals surface area contributed by atoms with E-state index in [1.807, 2.05) is 18.2 Å². The number of hydrogen-bond acceptors (Lipinski definition) is 3. The molecule has 0 spiro atoms. The maximum absolute atomic E-state index is 11.1. The second kappa shape index (κ2) is 2.66. The molecule has 0 saturated heterocycles. The fraction of sp³-hybridized carbons (Fsp3) is 0.364. The fourth-order valence-electron chi connectivity index (χ4n) is 2.03. The van der Waals surface area contributed by atoms with Gasteiger partial charge < -0.3 is 15.2 Å². The number of carboxylic acids is 1. The van der Waals surface area contributed by atoms with Crippen LogP contribution in [-0.4, -0.2) is 17.8 Å². The summed E-state index contributed by atoms with van der Waals surface area (Å²) in [6.07, 6.45) is 1.48. The molecule has 0 unspecified atom stereocenters. The molecule has 2 N–H and O–H groups in total. The molecule has 1 aliphatic heterocycles. The van der Waals surface area contributed by atoms with Crippen LogP contribution in [0.15, 0.2) is 18.2 Å². The van der Waals surface area contributed by atoms with Crippen molar-refractivity contribution in [2.45, 2.75) is 18.3 Å². The number of hydrogen-bond donors (Lipinski definition) is 2. The van der Waals surface area contributed by atoms with Crippen LogP contribution in [0.3, 0.4) is 0 Å². The smallest absolute Gasteiger partial charge is 0.314 e. The number of fused-ring (bicyclic) bond motifs is 1. The predicted molar refractivity (Wildman–Crippen MR) is 54.1 cm³/mol. The molecule has 0 radical (unpaired) electrons. The third-order valence-electron chi connectivity index (χ3n) is 3.18. The lowest BCUT2D eigenvalue weighted by molar-refractivity contribution is -0.140. The zero-order valence-corrected chi connectivity index (χ0v) is 8.12. The van der Waals surface area contributed by atoms with Crippen LogP contribution in [0.5, 0.6) is 5.75 Å². The number of nitrogens with one attached hydrogen (secondary N) is 1. The molecule has 0 amide bonds. The Morgan fingerprint density at radius 3 is 2.93 bits per heavy atom. The van der Waals surface area contributed by atoms with Crippen molar-refractivity contribution in [3.63, 3.8) is 0 Å². The van der Waals surface area contributed by atoms with Crippen molar-refractivity contribution in [2.24, 2.45) is 0 Å². The maximum Gasteiger partial charge on any atom is 0.314 e. The molecular weight excluding hydrogens is 194 g/mol. The number of aliphatic carboxylic acids is 1. The minimum Gasteiger partial charge on any atom is -0.481 e. The lowest BCUT2D eigenvalue weighted by atomic mass is 9.95. The molecule has 1 saturated carbocycles. The second-order valence-corrected chi connectivity index (χ2v) is 4.06. The summed E-state index contributed by atoms with van der Waals surface area (Å²) in [6, 6.07) is 5.59. The molecule has 4 heteroatoms. The number of benzene rings is 1. The van der Waals surface area contributed by atoms with Gasteiger partial charge in [0.2, 0.25) is 0 Å². The first-order valence-corrected chi connectivity index (χ1v) is 4.97. The molecule has 0 aromatic heterocycles. The molecule has 1 heterocycles. The van der Waals surface area contributed by atoms with Crippen molar-refractivity contribution in [3.05, 3.63) is 23.8 Å². The first-order chi connectivity index (χ1) is 7.22. The Hall–Kier alpha value is -1.71. The number of carboxylic acid groups (broad SMARTS) is 1. The first kappa shape index (κ1) is 8.59. The Morgan fingerprint density at radius 2 is 2.27 bits per heavy atom. The summed E-state index contributed by atoms with van der Waals surface area (Å²) >= 11 is 0. The summed E-state index contributed by atoms with van der Waals surface area (Å²) in [7, 11) is 0. The van der Waals surface area contributed by atoms with E-state index in [1.54, 1.807) is 0 Å². The molecule has 2 aliphatic rings. The molecule has 4 nitrogen and oxygen atoms in total. The van der Waals surface area contributed by atoms with Crippen molar-refractivity contribution < 1.29 is 14.6 Å². The lowest BCUT2D eigenvalue weighted by Gasteiger charge is -2.10. The molecule has 1 aromatic rings. The number of rotatable bonds is 2. The average molecular weight is 205 g/mol. The highest BCUT2D eigenvalue weighted by molar-refractivity contribution is 5.85. The van der Waals surface area contributed by atoms with Crippen LogP contribution in [0.25, 0.3) is 0 Å². The van der Waals surface area contributed by atoms with Crippen LogP contribution in [0.2, 0.25) is 0 Å². The van der Waals surface area contributed by atoms with Gasteiger partial charge in [0.15, 0.2) is 6.73 Å². The van der Waals surface area contributed by atoms with E-state index in [2.05, 4.69) is 5.32 Å². The Labute approximate surface area is 86.9 Å². The van der Waals surface area contributed by atoms with Gasteiger partial charge in [-0.25, -0.2) is 0 Å². The summed E-state index contributed by atoms with van der Waals surface area (Å²) < 4.78 is 5.29. The highest BCUT2D eigenvalue weighted by Gasteiger charge is 2.51. The van der Waals surface area contributed by atoms with Gasteiger partial charge in [-0.2, -0.15) is 0 Å². The third-order valence-corrected chi connectivity index (χ3v) is 3.18. The molecule has 3 rings (SSSR count). The van der Waals surface area contributed by atoms with Crippen LogP contribution in [0.4, 0.5) is 5.69 Å². The largest absolute Gasteiger partial charge is 0.481 e. The molecule has 78 valence electrons. The molecule has 0 atom stereocenters. The van der Waals surface area contributed by atoms with Crippen molar-refractivity contribution in [2.75, 3.05) is 12.0 Å². The van der Waals surface area contributed by atoms with Crippen LogP contribution in [0, 0.1) is 0 Å². The Bertz CT molecular complexity index is 437. The molecule has 0 bridgehead atoms. The van der Waals surface area contributed by atoms with Crippen molar-refractivity contribution >= 4 is 11.7 Å². The quantitative estimate of drug-likeness (QED) is 0.769. The summed E-state index contributed by atoms with van der Waals surface area (Å²) in [6.45, 7) is 0.471. The van der Waals surface area contributed by atoms with Gasteiger partial charge in [-0.15, -0.1) is 0 Å². The summed E-state index contributed by atoms with van der Waals surface area (Å²) in [5, 5.41) is 12.2. The zero-order valence-electron chi connectivity index (χ0n) is 8.12. The normalized spacial score (nSPS) is 20.0. The fourth-order valence-corrected chi connectivity index (χ4v) is 2.03. The number of carbonyl (C=O) groups is 1. The van der Waals surface area contributed by atoms with E-state index in [0.717, 1.165) is 29.8 Å². The van der Waals surface area contributed by atoms with Crippen molar-refractivity contribution in [1.82, 2.24) is 0 Å². The first-order valence-electron chi connectivity index (χ1n) is 4.97. The van der Waals surface area contributed by atoms with Crippen LogP contribution < -0.4 is 10.1 Å². The highest BCUT2D eigenvalue weighted by atomic mass is 16.5. The van der Waals surface area contributed by atoms with E-state index in [4.69, 9.17) is 9.84 Å². The molecule has 1 aliphatic carbocycles. The van der Waals surface area contributed by atoms with Gasteiger partial charge in [0.05, 0.1) is 11.1 Å². The van der Waals surface area contributed by atoms with Gasteiger partial charge in [-0.3, -0.25) is 4.79 Å². The number of ether oxygens (including phenoxy) is 1. The van der Waals surface area contributed by atoms with E-state index in [0.29, 0.717) is 6.73 Å². The van der Waals surface area contributed by atoms with E-state index in [1.165, 1.54) is 0 Å². The minimum atomic E-state index is -0.721. The highest BCUT2D eigenvalue weighted by Crippen LogP contribution is 2.50. The summed E-state index contributed by atoms with van der Waals surface area (Å²) in [5.74, 6) is 0.0845. The van der Waals surface area contributed by atoms with E-state index >= 15 is 0 Å².